The van der Waals surface area contributed by atoms with Gasteiger partial charge in [0.15, 0.2) is 0 Å². The van der Waals surface area contributed by atoms with Gasteiger partial charge in [-0.25, -0.2) is 0 Å². The summed E-state index contributed by atoms with van der Waals surface area (Å²) in [6.07, 6.45) is 1.77. The Labute approximate surface area is 243 Å². The van der Waals surface area contributed by atoms with Crippen LogP contribution in [-0.4, -0.2) is 26.1 Å². The molecule has 41 heavy (non-hydrogen) atoms. The van der Waals surface area contributed by atoms with E-state index in [4.69, 9.17) is 0 Å². The van der Waals surface area contributed by atoms with E-state index in [0.717, 1.165) is 36.5 Å². The first-order valence-corrected chi connectivity index (χ1v) is 15.0. The average molecular weight is 594 g/mol. The van der Waals surface area contributed by atoms with E-state index in [1.54, 1.807) is 12.1 Å². The van der Waals surface area contributed by atoms with Gasteiger partial charge in [-0.3, -0.25) is 0 Å². The topological polar surface area (TPSA) is 61.2 Å². The van der Waals surface area contributed by atoms with Crippen LogP contribution in [-0.2, 0) is 0 Å². The number of anilines is 3. The molecule has 0 fully saturated rings. The molecule has 6 aromatic rings. The third kappa shape index (κ3) is 4.22. The number of Topliss-reactive ketones (excluding diaryl/α,β-unsaturated/α-hetero) is 2. The van der Waals surface area contributed by atoms with Crippen molar-refractivity contribution < 1.29 is 9.59 Å². The maximum absolute atomic E-state index is 13.4. The van der Waals surface area contributed by atoms with Gasteiger partial charge in [0.25, 0.3) is 0 Å². The van der Waals surface area contributed by atoms with Crippen molar-refractivity contribution in [3.8, 4) is 6.07 Å². The van der Waals surface area contributed by atoms with Crippen molar-refractivity contribution in [3.05, 3.63) is 141 Å². The van der Waals surface area contributed by atoms with E-state index >= 15 is 0 Å². The second-order valence-corrected chi connectivity index (χ2v) is 12.4. The first-order chi connectivity index (χ1) is 20.0. The first-order valence-electron chi connectivity index (χ1n) is 13.2. The maximum atomic E-state index is 13.4. The molecule has 1 heterocycles. The molecule has 0 amide bonds. The minimum absolute atomic E-state index is 0.193. The molecule has 0 spiro atoms. The molecule has 7 rings (SSSR count). The van der Waals surface area contributed by atoms with E-state index in [2.05, 4.69) is 60.4 Å². The van der Waals surface area contributed by atoms with Gasteiger partial charge in [0, 0.05) is 0 Å². The fraction of sp³-hybridized carbons (Fsp3) is 0.0278. The van der Waals surface area contributed by atoms with E-state index in [9.17, 15) is 14.9 Å². The fourth-order valence-corrected chi connectivity index (χ4v) is 7.64. The number of hydrogen-bond acceptors (Lipinski definition) is 4. The second-order valence-electron chi connectivity index (χ2n) is 10.1. The third-order valence-corrected chi connectivity index (χ3v) is 9.71. The summed E-state index contributed by atoms with van der Waals surface area (Å²) < 4.78 is 1.99. The number of ketones is 2. The van der Waals surface area contributed by atoms with Crippen LogP contribution in [0.25, 0.3) is 27.6 Å². The summed E-state index contributed by atoms with van der Waals surface area (Å²) in [5, 5.41) is 13.8. The van der Waals surface area contributed by atoms with Crippen LogP contribution in [0.4, 0.5) is 15.9 Å². The normalized spacial score (nSPS) is 12.5. The molecule has 5 heteroatoms. The number of fused-ring (bicyclic) bond motifs is 3. The van der Waals surface area contributed by atoms with Crippen LogP contribution >= 0.6 is 0 Å². The zero-order chi connectivity index (χ0) is 28.1. The number of aryl methyl sites for hydroxylation is 1. The van der Waals surface area contributed by atoms with E-state index in [-0.39, 0.29) is 31.6 Å². The summed E-state index contributed by atoms with van der Waals surface area (Å²) in [7, 11) is 0. The summed E-state index contributed by atoms with van der Waals surface area (Å²) >= 11 is -0.193. The minimum atomic E-state index is -0.219. The molecule has 0 unspecified atom stereocenters. The number of carbonyl (C=O) groups is 2. The van der Waals surface area contributed by atoms with Gasteiger partial charge in [0.1, 0.15) is 0 Å². The SMILES string of the molecule is Cc1cccc2c(N(c3cccc(C#N)c3)c3ccc(C=C4C(=O)c5cc6ccccc6cc5C4=O)[se]3)cccc12. The molecule has 4 nitrogen and oxygen atoms in total. The Balaban J connectivity index is 1.34. The van der Waals surface area contributed by atoms with E-state index in [1.165, 1.54) is 10.9 Å². The summed E-state index contributed by atoms with van der Waals surface area (Å²) in [6, 6.07) is 37.9. The molecule has 0 bridgehead atoms. The van der Waals surface area contributed by atoms with Crippen LogP contribution in [0, 0.1) is 18.3 Å². The second kappa shape index (κ2) is 9.87. The number of rotatable bonds is 4. The third-order valence-electron chi connectivity index (χ3n) is 7.58. The van der Waals surface area contributed by atoms with Crippen molar-refractivity contribution in [1.29, 1.82) is 5.26 Å². The van der Waals surface area contributed by atoms with Gasteiger partial charge >= 0.3 is 244 Å². The molecule has 0 saturated heterocycles. The van der Waals surface area contributed by atoms with Crippen LogP contribution in [0.1, 0.15) is 36.3 Å². The van der Waals surface area contributed by atoms with E-state index in [1.807, 2.05) is 60.7 Å². The number of benzene rings is 5. The van der Waals surface area contributed by atoms with E-state index < -0.39 is 0 Å². The van der Waals surface area contributed by atoms with Crippen molar-refractivity contribution in [1.82, 2.24) is 0 Å². The Morgan fingerprint density at radius 2 is 1.41 bits per heavy atom. The number of hydrogen-bond donors (Lipinski definition) is 0. The molecule has 0 aliphatic heterocycles. The van der Waals surface area contributed by atoms with Crippen LogP contribution in [0.2, 0.25) is 0 Å². The molecule has 0 radical (unpaired) electrons. The Morgan fingerprint density at radius 1 is 0.732 bits per heavy atom. The summed E-state index contributed by atoms with van der Waals surface area (Å²) in [6.45, 7) is 2.11. The van der Waals surface area contributed by atoms with Crippen LogP contribution in [0.15, 0.2) is 115 Å². The summed E-state index contributed by atoms with van der Waals surface area (Å²) in [5.41, 5.74) is 4.84. The first kappa shape index (κ1) is 25.0. The molecule has 0 N–H and O–H groups in total. The fourth-order valence-electron chi connectivity index (χ4n) is 5.57. The van der Waals surface area contributed by atoms with E-state index in [0.29, 0.717) is 16.7 Å². The molecule has 1 aliphatic carbocycles. The van der Waals surface area contributed by atoms with Crippen molar-refractivity contribution in [2.45, 2.75) is 6.92 Å². The van der Waals surface area contributed by atoms with Gasteiger partial charge in [-0.05, 0) is 0 Å². The molecule has 1 aromatic heterocycles. The zero-order valence-electron chi connectivity index (χ0n) is 22.1. The molecule has 0 atom stereocenters. The van der Waals surface area contributed by atoms with Crippen molar-refractivity contribution >= 4 is 69.6 Å². The van der Waals surface area contributed by atoms with Gasteiger partial charge < -0.3 is 0 Å². The number of nitriles is 1. The van der Waals surface area contributed by atoms with Gasteiger partial charge in [0.05, 0.1) is 0 Å². The van der Waals surface area contributed by atoms with Gasteiger partial charge in [0.2, 0.25) is 0 Å². The summed E-state index contributed by atoms with van der Waals surface area (Å²) in [5.74, 6) is -0.437. The zero-order valence-corrected chi connectivity index (χ0v) is 23.8. The molecule has 5 aromatic carbocycles. The van der Waals surface area contributed by atoms with Gasteiger partial charge in [-0.2, -0.15) is 0 Å². The van der Waals surface area contributed by atoms with Gasteiger partial charge in [-0.1, -0.05) is 0 Å². The Hall–Kier alpha value is -5.01. The molecule has 194 valence electrons. The van der Waals surface area contributed by atoms with Crippen LogP contribution < -0.4 is 4.90 Å². The van der Waals surface area contributed by atoms with Crippen molar-refractivity contribution in [2.24, 2.45) is 0 Å². The van der Waals surface area contributed by atoms with Gasteiger partial charge in [-0.15, -0.1) is 0 Å². The predicted octanol–water partition coefficient (Wildman–Crippen LogP) is 8.16. The molecule has 1 aliphatic rings. The van der Waals surface area contributed by atoms with Crippen LogP contribution in [0.5, 0.6) is 0 Å². The van der Waals surface area contributed by atoms with Crippen molar-refractivity contribution in [2.75, 3.05) is 4.90 Å². The molecule has 0 saturated carbocycles. The Kier molecular flexibility index (Phi) is 6.02. The Morgan fingerprint density at radius 3 is 2.15 bits per heavy atom. The number of nitrogens with zero attached hydrogens (tertiary/aromatic N) is 2. The van der Waals surface area contributed by atoms with Crippen molar-refractivity contribution in [3.63, 3.8) is 0 Å². The standard InChI is InChI=1S/C36H22N2O2Se/c1-22-7-4-13-29-28(22)12-6-14-33(29)38(26-11-5-8-23(17-26)21-37)34-16-15-27(41-34)20-32-35(39)30-18-24-9-2-3-10-25(24)19-31(30)36(32)40/h2-20H,1H3. The predicted molar refractivity (Wildman–Crippen MR) is 166 cm³/mol. The Bertz CT molecular complexity index is 2070. The average Bonchev–Trinajstić information content (AvgIpc) is 3.55. The molecular formula is C36H22N2O2Se. The van der Waals surface area contributed by atoms with Crippen LogP contribution in [0.3, 0.4) is 0 Å². The summed E-state index contributed by atoms with van der Waals surface area (Å²) in [4.78, 5) is 29.0. The molecular weight excluding hydrogens is 571 g/mol. The monoisotopic (exact) mass is 594 g/mol. The quantitative estimate of drug-likeness (QED) is 0.118. The number of carbonyl (C=O) groups excluding carboxylic acids is 2. The number of allylic oxidation sites excluding steroid dienone is 1.